The summed E-state index contributed by atoms with van der Waals surface area (Å²) in [5, 5.41) is 4.99. The molecule has 0 bridgehead atoms. The number of oxazole rings is 1. The minimum Gasteiger partial charge on any atom is -0.443 e. The SMILES string of the molecule is Cc1cc(C)c(-c2cccc3c4ncoc4c4c(C)cc(CC5(C)CCCCC5)cc4c23)c(C)c1. The highest BCUT2D eigenvalue weighted by molar-refractivity contribution is 6.27. The van der Waals surface area contributed by atoms with Crippen molar-refractivity contribution in [2.24, 2.45) is 5.41 Å². The smallest absolute Gasteiger partial charge is 0.182 e. The average Bonchev–Trinajstić information content (AvgIpc) is 3.28. The average molecular weight is 462 g/mol. The minimum atomic E-state index is 0.400. The summed E-state index contributed by atoms with van der Waals surface area (Å²) in [6.07, 6.45) is 9.53. The highest BCUT2D eigenvalue weighted by Crippen LogP contribution is 2.44. The molecule has 2 nitrogen and oxygen atoms in total. The van der Waals surface area contributed by atoms with E-state index in [9.17, 15) is 0 Å². The molecule has 0 unspecified atom stereocenters. The molecular formula is C33H35NO. The molecule has 6 rings (SSSR count). The van der Waals surface area contributed by atoms with E-state index in [2.05, 4.69) is 77.1 Å². The van der Waals surface area contributed by atoms with Crippen LogP contribution in [0, 0.1) is 33.1 Å². The molecular weight excluding hydrogens is 426 g/mol. The van der Waals surface area contributed by atoms with Crippen molar-refractivity contribution in [2.45, 2.75) is 73.1 Å². The summed E-state index contributed by atoms with van der Waals surface area (Å²) in [6.45, 7) is 11.4. The van der Waals surface area contributed by atoms with Gasteiger partial charge in [0.15, 0.2) is 12.0 Å². The summed E-state index contributed by atoms with van der Waals surface area (Å²) >= 11 is 0. The summed E-state index contributed by atoms with van der Waals surface area (Å²) in [6, 6.07) is 16.2. The van der Waals surface area contributed by atoms with Crippen molar-refractivity contribution >= 4 is 32.6 Å². The van der Waals surface area contributed by atoms with E-state index in [-0.39, 0.29) is 0 Å². The molecule has 1 saturated carbocycles. The normalized spacial score (nSPS) is 15.9. The first-order chi connectivity index (χ1) is 16.8. The second-order valence-electron chi connectivity index (χ2n) is 11.4. The quantitative estimate of drug-likeness (QED) is 0.250. The van der Waals surface area contributed by atoms with Gasteiger partial charge >= 0.3 is 0 Å². The largest absolute Gasteiger partial charge is 0.443 e. The van der Waals surface area contributed by atoms with E-state index in [1.54, 1.807) is 6.39 Å². The van der Waals surface area contributed by atoms with Gasteiger partial charge in [0, 0.05) is 10.8 Å². The van der Waals surface area contributed by atoms with Gasteiger partial charge in [-0.2, -0.15) is 0 Å². The van der Waals surface area contributed by atoms with Crippen molar-refractivity contribution in [2.75, 3.05) is 0 Å². The second kappa shape index (κ2) is 8.22. The topological polar surface area (TPSA) is 26.0 Å². The summed E-state index contributed by atoms with van der Waals surface area (Å²) < 4.78 is 6.03. The first-order valence-electron chi connectivity index (χ1n) is 13.1. The van der Waals surface area contributed by atoms with E-state index >= 15 is 0 Å². The lowest BCUT2D eigenvalue weighted by Crippen LogP contribution is -2.22. The third-order valence-corrected chi connectivity index (χ3v) is 8.42. The van der Waals surface area contributed by atoms with Crippen LogP contribution in [0.15, 0.2) is 53.3 Å². The van der Waals surface area contributed by atoms with Crippen LogP contribution in [0.5, 0.6) is 0 Å². The van der Waals surface area contributed by atoms with Gasteiger partial charge in [0.2, 0.25) is 0 Å². The molecule has 0 aliphatic heterocycles. The summed E-state index contributed by atoms with van der Waals surface area (Å²) in [4.78, 5) is 4.69. The first-order valence-corrected chi connectivity index (χ1v) is 13.1. The molecule has 4 aromatic carbocycles. The number of rotatable bonds is 3. The molecule has 0 atom stereocenters. The zero-order valence-electron chi connectivity index (χ0n) is 21.7. The van der Waals surface area contributed by atoms with Crippen LogP contribution in [-0.2, 0) is 6.42 Å². The Morgan fingerprint density at radius 3 is 2.31 bits per heavy atom. The fourth-order valence-electron chi connectivity index (χ4n) is 7.01. The fourth-order valence-corrected chi connectivity index (χ4v) is 7.01. The number of benzene rings is 4. The van der Waals surface area contributed by atoms with Gasteiger partial charge in [-0.3, -0.25) is 0 Å². The van der Waals surface area contributed by atoms with E-state index in [1.165, 1.54) is 92.6 Å². The van der Waals surface area contributed by atoms with Crippen molar-refractivity contribution in [3.8, 4) is 11.1 Å². The van der Waals surface area contributed by atoms with Gasteiger partial charge in [-0.15, -0.1) is 0 Å². The van der Waals surface area contributed by atoms with Crippen LogP contribution in [0.25, 0.3) is 43.8 Å². The minimum absolute atomic E-state index is 0.400. The Morgan fingerprint density at radius 1 is 0.829 bits per heavy atom. The van der Waals surface area contributed by atoms with Gasteiger partial charge in [-0.05, 0) is 96.5 Å². The number of aryl methyl sites for hydroxylation is 4. The van der Waals surface area contributed by atoms with Crippen molar-refractivity contribution in [3.63, 3.8) is 0 Å². The Kier molecular flexibility index (Phi) is 5.25. The Bertz CT molecular complexity index is 1570. The van der Waals surface area contributed by atoms with Gasteiger partial charge in [-0.1, -0.05) is 74.2 Å². The van der Waals surface area contributed by atoms with Crippen molar-refractivity contribution in [1.82, 2.24) is 4.98 Å². The number of hydrogen-bond acceptors (Lipinski definition) is 2. The molecule has 178 valence electrons. The summed E-state index contributed by atoms with van der Waals surface area (Å²) in [7, 11) is 0. The molecule has 5 aromatic rings. The van der Waals surface area contributed by atoms with Gasteiger partial charge in [-0.25, -0.2) is 4.98 Å². The summed E-state index contributed by atoms with van der Waals surface area (Å²) in [5.41, 5.74) is 11.6. The third-order valence-electron chi connectivity index (χ3n) is 8.42. The Balaban J connectivity index is 1.70. The van der Waals surface area contributed by atoms with Crippen molar-refractivity contribution in [1.29, 1.82) is 0 Å². The van der Waals surface area contributed by atoms with Crippen LogP contribution < -0.4 is 0 Å². The Hall–Kier alpha value is -3.13. The van der Waals surface area contributed by atoms with Gasteiger partial charge in [0.25, 0.3) is 0 Å². The lowest BCUT2D eigenvalue weighted by molar-refractivity contribution is 0.215. The number of fused-ring (bicyclic) bond motifs is 6. The van der Waals surface area contributed by atoms with Crippen LogP contribution in [-0.4, -0.2) is 4.98 Å². The molecule has 1 fully saturated rings. The lowest BCUT2D eigenvalue weighted by atomic mass is 9.71. The maximum Gasteiger partial charge on any atom is 0.182 e. The molecule has 35 heavy (non-hydrogen) atoms. The predicted molar refractivity (Wildman–Crippen MR) is 148 cm³/mol. The van der Waals surface area contributed by atoms with Crippen molar-refractivity contribution < 1.29 is 4.42 Å². The van der Waals surface area contributed by atoms with Crippen LogP contribution in [0.1, 0.15) is 66.8 Å². The molecule has 0 amide bonds. The maximum absolute atomic E-state index is 6.03. The molecule has 1 aromatic heterocycles. The first kappa shape index (κ1) is 22.3. The molecule has 0 saturated heterocycles. The van der Waals surface area contributed by atoms with Crippen LogP contribution in [0.4, 0.5) is 0 Å². The molecule has 0 radical (unpaired) electrons. The number of nitrogens with zero attached hydrogens (tertiary/aromatic N) is 1. The molecule has 1 aliphatic carbocycles. The summed E-state index contributed by atoms with van der Waals surface area (Å²) in [5.74, 6) is 0. The Labute approximate surface area is 208 Å². The number of aromatic nitrogens is 1. The van der Waals surface area contributed by atoms with E-state index in [0.29, 0.717) is 5.41 Å². The molecule has 1 heterocycles. The highest BCUT2D eigenvalue weighted by Gasteiger charge is 2.28. The van der Waals surface area contributed by atoms with Crippen molar-refractivity contribution in [3.05, 3.63) is 76.7 Å². The fraction of sp³-hybridized carbons (Fsp3) is 0.364. The standard InChI is InChI=1S/C33H35NO/c1-20-14-21(2)28(22(3)15-20)25-10-9-11-26-30(25)27-17-24(18-33(5)12-7-6-8-13-33)16-23(4)29(27)32-31(26)34-19-35-32/h9-11,14-17,19H,6-8,12-13,18H2,1-5H3. The lowest BCUT2D eigenvalue weighted by Gasteiger charge is -2.34. The zero-order valence-corrected chi connectivity index (χ0v) is 21.7. The Morgan fingerprint density at radius 2 is 1.57 bits per heavy atom. The van der Waals surface area contributed by atoms with Gasteiger partial charge in [0.1, 0.15) is 5.52 Å². The number of hydrogen-bond donors (Lipinski definition) is 0. The van der Waals surface area contributed by atoms with Crippen LogP contribution in [0.3, 0.4) is 0 Å². The molecule has 0 N–H and O–H groups in total. The van der Waals surface area contributed by atoms with Gasteiger partial charge in [0.05, 0.1) is 0 Å². The second-order valence-corrected chi connectivity index (χ2v) is 11.4. The predicted octanol–water partition coefficient (Wildman–Crippen LogP) is 9.55. The van der Waals surface area contributed by atoms with Crippen LogP contribution >= 0.6 is 0 Å². The van der Waals surface area contributed by atoms with E-state index < -0.39 is 0 Å². The van der Waals surface area contributed by atoms with E-state index in [1.807, 2.05) is 0 Å². The third kappa shape index (κ3) is 3.66. The van der Waals surface area contributed by atoms with Gasteiger partial charge < -0.3 is 4.42 Å². The molecule has 2 heteroatoms. The highest BCUT2D eigenvalue weighted by atomic mass is 16.3. The van der Waals surface area contributed by atoms with Crippen LogP contribution in [0.2, 0.25) is 0 Å². The molecule has 0 spiro atoms. The monoisotopic (exact) mass is 461 g/mol. The maximum atomic E-state index is 6.03. The van der Waals surface area contributed by atoms with E-state index in [4.69, 9.17) is 9.40 Å². The molecule has 1 aliphatic rings. The van der Waals surface area contributed by atoms with E-state index in [0.717, 1.165) is 17.5 Å². The zero-order chi connectivity index (χ0) is 24.3.